The van der Waals surface area contributed by atoms with Gasteiger partial charge in [0.1, 0.15) is 11.9 Å². The smallest absolute Gasteiger partial charge is 0.122 e. The Balaban J connectivity index is 1.94. The van der Waals surface area contributed by atoms with Crippen molar-refractivity contribution < 1.29 is 9.84 Å². The number of aryl methyl sites for hydroxylation is 1. The molecular weight excluding hydrogens is 228 g/mol. The molecule has 4 nitrogen and oxygen atoms in total. The number of benzene rings is 1. The monoisotopic (exact) mass is 244 g/mol. The quantitative estimate of drug-likeness (QED) is 0.879. The molecule has 0 saturated carbocycles. The van der Waals surface area contributed by atoms with E-state index in [0.29, 0.717) is 6.61 Å². The van der Waals surface area contributed by atoms with E-state index in [1.807, 2.05) is 43.6 Å². The largest absolute Gasteiger partial charge is 0.493 e. The molecular formula is C14H16N2O2. The topological polar surface area (TPSA) is 47.3 Å². The van der Waals surface area contributed by atoms with Gasteiger partial charge >= 0.3 is 0 Å². The van der Waals surface area contributed by atoms with Gasteiger partial charge in [0.05, 0.1) is 12.3 Å². The van der Waals surface area contributed by atoms with Crippen molar-refractivity contribution >= 4 is 0 Å². The van der Waals surface area contributed by atoms with Gasteiger partial charge in [-0.25, -0.2) is 0 Å². The fourth-order valence-electron chi connectivity index (χ4n) is 2.49. The van der Waals surface area contributed by atoms with Crippen molar-refractivity contribution in [3.05, 3.63) is 47.8 Å². The number of aliphatic hydroxyl groups excluding tert-OH is 1. The van der Waals surface area contributed by atoms with Crippen LogP contribution in [0, 0.1) is 0 Å². The van der Waals surface area contributed by atoms with Gasteiger partial charge < -0.3 is 9.84 Å². The average Bonchev–Trinajstić information content (AvgIpc) is 2.84. The molecule has 1 N–H and O–H groups in total. The van der Waals surface area contributed by atoms with Crippen molar-refractivity contribution in [1.29, 1.82) is 0 Å². The first-order valence-corrected chi connectivity index (χ1v) is 6.15. The second-order valence-electron chi connectivity index (χ2n) is 4.64. The maximum Gasteiger partial charge on any atom is 0.122 e. The van der Waals surface area contributed by atoms with Crippen molar-refractivity contribution in [3.63, 3.8) is 0 Å². The van der Waals surface area contributed by atoms with Gasteiger partial charge in [0, 0.05) is 24.7 Å². The fourth-order valence-corrected chi connectivity index (χ4v) is 2.49. The summed E-state index contributed by atoms with van der Waals surface area (Å²) in [4.78, 5) is 0. The van der Waals surface area contributed by atoms with E-state index in [2.05, 4.69) is 5.10 Å². The van der Waals surface area contributed by atoms with Crippen LogP contribution in [0.25, 0.3) is 0 Å². The molecule has 0 fully saturated rings. The van der Waals surface area contributed by atoms with E-state index in [-0.39, 0.29) is 5.92 Å². The van der Waals surface area contributed by atoms with Crippen LogP contribution in [-0.2, 0) is 7.05 Å². The molecule has 0 amide bonds. The van der Waals surface area contributed by atoms with Gasteiger partial charge in [-0.15, -0.1) is 0 Å². The molecule has 3 rings (SSSR count). The maximum atomic E-state index is 10.5. The van der Waals surface area contributed by atoms with Gasteiger partial charge in [-0.1, -0.05) is 18.2 Å². The second kappa shape index (κ2) is 4.46. The Bertz CT molecular complexity index is 550. The minimum Gasteiger partial charge on any atom is -0.493 e. The molecule has 1 aromatic heterocycles. The molecule has 4 heteroatoms. The van der Waals surface area contributed by atoms with E-state index in [0.717, 1.165) is 23.4 Å². The maximum absolute atomic E-state index is 10.5. The lowest BCUT2D eigenvalue weighted by molar-refractivity contribution is 0.113. The van der Waals surface area contributed by atoms with Crippen molar-refractivity contribution in [2.24, 2.45) is 7.05 Å². The van der Waals surface area contributed by atoms with Crippen LogP contribution >= 0.6 is 0 Å². The zero-order chi connectivity index (χ0) is 12.5. The molecule has 0 saturated heterocycles. The Morgan fingerprint density at radius 3 is 3.00 bits per heavy atom. The first-order valence-electron chi connectivity index (χ1n) is 6.15. The Morgan fingerprint density at radius 2 is 2.22 bits per heavy atom. The Kier molecular flexibility index (Phi) is 2.80. The van der Waals surface area contributed by atoms with E-state index in [1.54, 1.807) is 4.68 Å². The zero-order valence-electron chi connectivity index (χ0n) is 10.3. The van der Waals surface area contributed by atoms with E-state index >= 15 is 0 Å². The number of hydrogen-bond donors (Lipinski definition) is 1. The van der Waals surface area contributed by atoms with Crippen LogP contribution < -0.4 is 4.74 Å². The molecule has 18 heavy (non-hydrogen) atoms. The second-order valence-corrected chi connectivity index (χ2v) is 4.64. The highest BCUT2D eigenvalue weighted by molar-refractivity contribution is 5.39. The molecule has 0 radical (unpaired) electrons. The predicted molar refractivity (Wildman–Crippen MR) is 67.5 cm³/mol. The zero-order valence-corrected chi connectivity index (χ0v) is 10.3. The van der Waals surface area contributed by atoms with Crippen molar-refractivity contribution in [2.75, 3.05) is 6.61 Å². The first kappa shape index (κ1) is 11.3. The van der Waals surface area contributed by atoms with Crippen LogP contribution in [0.2, 0.25) is 0 Å². The lowest BCUT2D eigenvalue weighted by atomic mass is 9.87. The highest BCUT2D eigenvalue weighted by Crippen LogP contribution is 2.40. The number of fused-ring (bicyclic) bond motifs is 1. The van der Waals surface area contributed by atoms with Crippen molar-refractivity contribution in [1.82, 2.24) is 9.78 Å². The van der Waals surface area contributed by atoms with Crippen LogP contribution in [0.1, 0.15) is 29.7 Å². The Morgan fingerprint density at radius 1 is 1.39 bits per heavy atom. The summed E-state index contributed by atoms with van der Waals surface area (Å²) in [6.07, 6.45) is 2.09. The molecule has 2 heterocycles. The fraction of sp³-hybridized carbons (Fsp3) is 0.357. The molecule has 2 unspecified atom stereocenters. The highest BCUT2D eigenvalue weighted by Gasteiger charge is 2.29. The highest BCUT2D eigenvalue weighted by atomic mass is 16.5. The Labute approximate surface area is 106 Å². The lowest BCUT2D eigenvalue weighted by Crippen LogP contribution is -2.20. The van der Waals surface area contributed by atoms with E-state index in [1.165, 1.54) is 0 Å². The van der Waals surface area contributed by atoms with Crippen LogP contribution in [0.3, 0.4) is 0 Å². The average molecular weight is 244 g/mol. The summed E-state index contributed by atoms with van der Waals surface area (Å²) in [5, 5.41) is 14.8. The summed E-state index contributed by atoms with van der Waals surface area (Å²) in [6, 6.07) is 9.76. The van der Waals surface area contributed by atoms with Crippen LogP contribution in [0.5, 0.6) is 5.75 Å². The number of ether oxygens (including phenoxy) is 1. The van der Waals surface area contributed by atoms with Crippen LogP contribution in [-0.4, -0.2) is 21.5 Å². The van der Waals surface area contributed by atoms with E-state index < -0.39 is 6.10 Å². The van der Waals surface area contributed by atoms with Gasteiger partial charge in [0.2, 0.25) is 0 Å². The van der Waals surface area contributed by atoms with Crippen molar-refractivity contribution in [3.8, 4) is 5.75 Å². The van der Waals surface area contributed by atoms with Crippen molar-refractivity contribution in [2.45, 2.75) is 18.4 Å². The molecule has 0 bridgehead atoms. The number of aliphatic hydroxyl groups is 1. The molecule has 94 valence electrons. The third-order valence-corrected chi connectivity index (χ3v) is 3.42. The number of para-hydroxylation sites is 1. The molecule has 2 atom stereocenters. The predicted octanol–water partition coefficient (Wildman–Crippen LogP) is 2.02. The molecule has 2 aromatic rings. The number of rotatable bonds is 2. The molecule has 1 aromatic carbocycles. The summed E-state index contributed by atoms with van der Waals surface area (Å²) < 4.78 is 7.32. The SMILES string of the molecule is Cn1ccc(C(O)C2CCOc3ccccc32)n1. The first-order chi connectivity index (χ1) is 8.75. The Hall–Kier alpha value is -1.81. The summed E-state index contributed by atoms with van der Waals surface area (Å²) in [5.74, 6) is 0.939. The standard InChI is InChI=1S/C14H16N2O2/c1-16-8-6-12(15-16)14(17)11-7-9-18-13-5-3-2-4-10(11)13/h2-6,8,11,14,17H,7,9H2,1H3. The minimum atomic E-state index is -0.573. The third kappa shape index (κ3) is 1.88. The number of aromatic nitrogens is 2. The van der Waals surface area contributed by atoms with Gasteiger partial charge in [0.15, 0.2) is 0 Å². The number of nitrogens with zero attached hydrogens (tertiary/aromatic N) is 2. The molecule has 1 aliphatic rings. The van der Waals surface area contributed by atoms with Gasteiger partial charge in [-0.05, 0) is 18.6 Å². The van der Waals surface area contributed by atoms with E-state index in [9.17, 15) is 5.11 Å². The summed E-state index contributed by atoms with van der Waals surface area (Å²) in [6.45, 7) is 0.644. The summed E-state index contributed by atoms with van der Waals surface area (Å²) in [7, 11) is 1.86. The van der Waals surface area contributed by atoms with E-state index in [4.69, 9.17) is 4.74 Å². The summed E-state index contributed by atoms with van der Waals surface area (Å²) in [5.41, 5.74) is 1.79. The molecule has 0 spiro atoms. The van der Waals surface area contributed by atoms with Gasteiger partial charge in [-0.3, -0.25) is 4.68 Å². The van der Waals surface area contributed by atoms with Crippen LogP contribution in [0.4, 0.5) is 0 Å². The third-order valence-electron chi connectivity index (χ3n) is 3.42. The van der Waals surface area contributed by atoms with Crippen LogP contribution in [0.15, 0.2) is 36.5 Å². The number of hydrogen-bond acceptors (Lipinski definition) is 3. The van der Waals surface area contributed by atoms with Gasteiger partial charge in [-0.2, -0.15) is 5.10 Å². The summed E-state index contributed by atoms with van der Waals surface area (Å²) >= 11 is 0. The molecule has 1 aliphatic heterocycles. The normalized spacial score (nSPS) is 20.0. The lowest BCUT2D eigenvalue weighted by Gasteiger charge is -2.28. The molecule has 0 aliphatic carbocycles. The van der Waals surface area contributed by atoms with Gasteiger partial charge in [0.25, 0.3) is 0 Å². The minimum absolute atomic E-state index is 0.0600.